The van der Waals surface area contributed by atoms with Crippen LogP contribution >= 0.6 is 0 Å². The van der Waals surface area contributed by atoms with Crippen LogP contribution in [0.15, 0.2) is 28.8 Å². The zero-order chi connectivity index (χ0) is 21.8. The van der Waals surface area contributed by atoms with Crippen LogP contribution in [-0.4, -0.2) is 40.0 Å². The van der Waals surface area contributed by atoms with Crippen molar-refractivity contribution in [2.24, 2.45) is 0 Å². The number of carbonyl (C=O) groups excluding carboxylic acids is 2. The highest BCUT2D eigenvalue weighted by atomic mass is 16.5. The van der Waals surface area contributed by atoms with E-state index in [1.165, 1.54) is 13.3 Å². The van der Waals surface area contributed by atoms with E-state index in [9.17, 15) is 9.59 Å². The Balaban J connectivity index is 1.43. The molecule has 0 aliphatic carbocycles. The molecule has 0 radical (unpaired) electrons. The first kappa shape index (κ1) is 20.8. The molecule has 1 aromatic carbocycles. The highest BCUT2D eigenvalue weighted by Crippen LogP contribution is 2.29. The van der Waals surface area contributed by atoms with Crippen molar-refractivity contribution in [2.45, 2.75) is 46.0 Å². The molecule has 1 aliphatic rings. The summed E-state index contributed by atoms with van der Waals surface area (Å²) < 4.78 is 5.40. The van der Waals surface area contributed by atoms with Crippen LogP contribution in [0.5, 0.6) is 0 Å². The number of nitrogens with zero attached hydrogens (tertiary/aromatic N) is 4. The van der Waals surface area contributed by atoms with Crippen LogP contribution in [0.2, 0.25) is 0 Å². The highest BCUT2D eigenvalue weighted by molar-refractivity contribution is 5.92. The van der Waals surface area contributed by atoms with Crippen LogP contribution in [-0.2, 0) is 16.0 Å². The Morgan fingerprint density at radius 3 is 2.39 bits per heavy atom. The molecule has 162 valence electrons. The third-order valence-corrected chi connectivity index (χ3v) is 5.25. The Labute approximate surface area is 180 Å². The summed E-state index contributed by atoms with van der Waals surface area (Å²) in [4.78, 5) is 35.0. The molecule has 9 heteroatoms. The van der Waals surface area contributed by atoms with Gasteiger partial charge in [-0.1, -0.05) is 5.16 Å². The Morgan fingerprint density at radius 2 is 1.71 bits per heavy atom. The van der Waals surface area contributed by atoms with Crippen molar-refractivity contribution in [1.29, 1.82) is 0 Å². The third kappa shape index (κ3) is 4.99. The van der Waals surface area contributed by atoms with Gasteiger partial charge in [0, 0.05) is 44.2 Å². The van der Waals surface area contributed by atoms with E-state index in [0.717, 1.165) is 42.8 Å². The fourth-order valence-corrected chi connectivity index (χ4v) is 3.75. The summed E-state index contributed by atoms with van der Waals surface area (Å²) in [5.41, 5.74) is 2.59. The monoisotopic (exact) mass is 422 g/mol. The van der Waals surface area contributed by atoms with Gasteiger partial charge in [-0.25, -0.2) is 4.98 Å². The maximum Gasteiger partial charge on any atom is 0.263 e. The lowest BCUT2D eigenvalue weighted by Gasteiger charge is -2.28. The van der Waals surface area contributed by atoms with E-state index in [1.807, 2.05) is 6.92 Å². The standard InChI is InChI=1S/C22H26N6O3/c1-14-20-21(28-12-4-3-5-13-28)25-18(26-22(20)31-27-14)10-11-19(30)24-17-8-6-16(7-9-17)23-15(2)29/h6-9H,3-5,10-13H2,1-2H3,(H,23,29)(H,24,30). The number of carbonyl (C=O) groups is 2. The minimum atomic E-state index is -0.139. The molecule has 2 amide bonds. The summed E-state index contributed by atoms with van der Waals surface area (Å²) in [5.74, 6) is 1.15. The summed E-state index contributed by atoms with van der Waals surface area (Å²) in [7, 11) is 0. The average Bonchev–Trinajstić information content (AvgIpc) is 3.14. The molecule has 3 heterocycles. The van der Waals surface area contributed by atoms with Crippen molar-refractivity contribution < 1.29 is 14.1 Å². The first-order chi connectivity index (χ1) is 15.0. The molecule has 0 atom stereocenters. The number of amides is 2. The minimum Gasteiger partial charge on any atom is -0.356 e. The number of anilines is 3. The minimum absolute atomic E-state index is 0.135. The summed E-state index contributed by atoms with van der Waals surface area (Å²) in [6.07, 6.45) is 4.13. The Bertz CT molecular complexity index is 1090. The zero-order valence-corrected chi connectivity index (χ0v) is 17.8. The molecule has 2 aromatic heterocycles. The van der Waals surface area contributed by atoms with Gasteiger partial charge in [-0.3, -0.25) is 9.59 Å². The number of aromatic nitrogens is 3. The van der Waals surface area contributed by atoms with E-state index in [4.69, 9.17) is 9.51 Å². The van der Waals surface area contributed by atoms with Gasteiger partial charge in [-0.2, -0.15) is 4.98 Å². The maximum atomic E-state index is 12.4. The maximum absolute atomic E-state index is 12.4. The molecular formula is C22H26N6O3. The van der Waals surface area contributed by atoms with Gasteiger partial charge in [0.2, 0.25) is 11.8 Å². The molecular weight excluding hydrogens is 396 g/mol. The van der Waals surface area contributed by atoms with E-state index >= 15 is 0 Å². The Kier molecular flexibility index (Phi) is 6.11. The second-order valence-corrected chi connectivity index (χ2v) is 7.77. The largest absolute Gasteiger partial charge is 0.356 e. The van der Waals surface area contributed by atoms with Gasteiger partial charge in [0.15, 0.2) is 0 Å². The predicted molar refractivity (Wildman–Crippen MR) is 118 cm³/mol. The van der Waals surface area contributed by atoms with E-state index in [1.54, 1.807) is 24.3 Å². The van der Waals surface area contributed by atoms with Crippen molar-refractivity contribution in [1.82, 2.24) is 15.1 Å². The van der Waals surface area contributed by atoms with Gasteiger partial charge in [0.1, 0.15) is 17.0 Å². The lowest BCUT2D eigenvalue weighted by Crippen LogP contribution is -2.30. The first-order valence-corrected chi connectivity index (χ1v) is 10.5. The van der Waals surface area contributed by atoms with E-state index in [-0.39, 0.29) is 18.2 Å². The van der Waals surface area contributed by atoms with Crippen LogP contribution in [0.3, 0.4) is 0 Å². The highest BCUT2D eigenvalue weighted by Gasteiger charge is 2.21. The van der Waals surface area contributed by atoms with E-state index < -0.39 is 0 Å². The summed E-state index contributed by atoms with van der Waals surface area (Å²) in [5, 5.41) is 10.5. The molecule has 1 saturated heterocycles. The second-order valence-electron chi connectivity index (χ2n) is 7.77. The molecule has 3 aromatic rings. The van der Waals surface area contributed by atoms with Crippen molar-refractivity contribution >= 4 is 40.1 Å². The molecule has 0 saturated carbocycles. The second kappa shape index (κ2) is 9.11. The topological polar surface area (TPSA) is 113 Å². The number of rotatable bonds is 6. The number of benzene rings is 1. The molecule has 0 bridgehead atoms. The quantitative estimate of drug-likeness (QED) is 0.625. The number of fused-ring (bicyclic) bond motifs is 1. The van der Waals surface area contributed by atoms with Crippen LogP contribution in [0.4, 0.5) is 17.2 Å². The third-order valence-electron chi connectivity index (χ3n) is 5.25. The molecule has 4 rings (SSSR count). The van der Waals surface area contributed by atoms with Gasteiger partial charge in [0.05, 0.1) is 5.69 Å². The number of hydrogen-bond donors (Lipinski definition) is 2. The normalized spacial score (nSPS) is 13.9. The summed E-state index contributed by atoms with van der Waals surface area (Å²) >= 11 is 0. The van der Waals surface area contributed by atoms with Crippen LogP contribution in [0, 0.1) is 6.92 Å². The van der Waals surface area contributed by atoms with Gasteiger partial charge in [0.25, 0.3) is 5.71 Å². The molecule has 31 heavy (non-hydrogen) atoms. The number of nitrogens with one attached hydrogen (secondary N) is 2. The number of aryl methyl sites for hydroxylation is 2. The Hall–Kier alpha value is -3.49. The van der Waals surface area contributed by atoms with Crippen LogP contribution in [0.25, 0.3) is 11.1 Å². The number of hydrogen-bond acceptors (Lipinski definition) is 7. The smallest absolute Gasteiger partial charge is 0.263 e. The predicted octanol–water partition coefficient (Wildman–Crippen LogP) is 3.45. The molecule has 2 N–H and O–H groups in total. The molecule has 1 fully saturated rings. The van der Waals surface area contributed by atoms with Gasteiger partial charge < -0.3 is 20.1 Å². The lowest BCUT2D eigenvalue weighted by molar-refractivity contribution is -0.116. The number of piperidine rings is 1. The van der Waals surface area contributed by atoms with Crippen molar-refractivity contribution in [3.8, 4) is 0 Å². The molecule has 9 nitrogen and oxygen atoms in total. The van der Waals surface area contributed by atoms with E-state index in [0.29, 0.717) is 29.3 Å². The van der Waals surface area contributed by atoms with Gasteiger partial charge in [-0.15, -0.1) is 0 Å². The van der Waals surface area contributed by atoms with Crippen molar-refractivity contribution in [3.05, 3.63) is 35.8 Å². The van der Waals surface area contributed by atoms with Crippen LogP contribution in [0.1, 0.15) is 44.1 Å². The van der Waals surface area contributed by atoms with Gasteiger partial charge >= 0.3 is 0 Å². The Morgan fingerprint density at radius 1 is 1.03 bits per heavy atom. The summed E-state index contributed by atoms with van der Waals surface area (Å²) in [6, 6.07) is 6.98. The van der Waals surface area contributed by atoms with Gasteiger partial charge in [-0.05, 0) is 50.5 Å². The lowest BCUT2D eigenvalue weighted by atomic mass is 10.1. The molecule has 0 spiro atoms. The first-order valence-electron chi connectivity index (χ1n) is 10.5. The average molecular weight is 422 g/mol. The zero-order valence-electron chi connectivity index (χ0n) is 17.8. The van der Waals surface area contributed by atoms with Crippen molar-refractivity contribution in [2.75, 3.05) is 28.6 Å². The summed E-state index contributed by atoms with van der Waals surface area (Å²) in [6.45, 7) is 5.25. The molecule has 1 aliphatic heterocycles. The van der Waals surface area contributed by atoms with Crippen LogP contribution < -0.4 is 15.5 Å². The van der Waals surface area contributed by atoms with E-state index in [2.05, 4.69) is 25.7 Å². The van der Waals surface area contributed by atoms with Crippen molar-refractivity contribution in [3.63, 3.8) is 0 Å². The molecule has 0 unspecified atom stereocenters. The fraction of sp³-hybridized carbons (Fsp3) is 0.409. The fourth-order valence-electron chi connectivity index (χ4n) is 3.75. The SMILES string of the molecule is CC(=O)Nc1ccc(NC(=O)CCc2nc(N3CCCCC3)c3c(C)noc3n2)cc1.